The first-order valence-electron chi connectivity index (χ1n) is 4.65. The number of aryl methyl sites for hydroxylation is 1. The molecule has 4 nitrogen and oxygen atoms in total. The van der Waals surface area contributed by atoms with Gasteiger partial charge in [-0.2, -0.15) is 5.10 Å². The first-order chi connectivity index (χ1) is 7.65. The Balaban J connectivity index is 2.21. The van der Waals surface area contributed by atoms with Crippen molar-refractivity contribution in [3.63, 3.8) is 0 Å². The maximum absolute atomic E-state index is 10.8. The highest BCUT2D eigenvalue weighted by molar-refractivity contribution is 7.99. The zero-order chi connectivity index (χ0) is 11.5. The predicted octanol–water partition coefficient (Wildman–Crippen LogP) is 2.27. The molecule has 0 aliphatic rings. The number of carboxylic acids is 1. The fraction of sp³-hybridized carbons (Fsp3) is 0.0909. The van der Waals surface area contributed by atoms with Gasteiger partial charge in [0.1, 0.15) is 0 Å². The highest BCUT2D eigenvalue weighted by Gasteiger charge is 2.05. The average molecular weight is 234 g/mol. The highest BCUT2D eigenvalue weighted by Crippen LogP contribution is 2.27. The van der Waals surface area contributed by atoms with Crippen molar-refractivity contribution in [3.8, 4) is 0 Å². The number of carboxylic acid groups (broad SMARTS) is 1. The number of hydrogen-bond acceptors (Lipinski definition) is 3. The molecule has 1 aromatic heterocycles. The molecule has 1 aromatic carbocycles. The van der Waals surface area contributed by atoms with Crippen molar-refractivity contribution in [2.45, 2.75) is 9.79 Å². The lowest BCUT2D eigenvalue weighted by atomic mass is 10.2. The lowest BCUT2D eigenvalue weighted by Gasteiger charge is -1.99. The zero-order valence-corrected chi connectivity index (χ0v) is 9.44. The van der Waals surface area contributed by atoms with Gasteiger partial charge in [-0.05, 0) is 18.2 Å². The number of aromatic carboxylic acids is 1. The third-order valence-electron chi connectivity index (χ3n) is 2.00. The Morgan fingerprint density at radius 2 is 2.25 bits per heavy atom. The van der Waals surface area contributed by atoms with Gasteiger partial charge in [-0.15, -0.1) is 0 Å². The van der Waals surface area contributed by atoms with Crippen LogP contribution in [0, 0.1) is 0 Å². The van der Waals surface area contributed by atoms with E-state index in [0.717, 1.165) is 9.79 Å². The van der Waals surface area contributed by atoms with E-state index >= 15 is 0 Å². The second-order valence-electron chi connectivity index (χ2n) is 3.28. The Bertz CT molecular complexity index is 522. The number of nitrogens with zero attached hydrogens (tertiary/aromatic N) is 2. The summed E-state index contributed by atoms with van der Waals surface area (Å²) in [7, 11) is 1.84. The molecule has 0 saturated carbocycles. The molecule has 82 valence electrons. The highest BCUT2D eigenvalue weighted by atomic mass is 32.2. The first kappa shape index (κ1) is 10.8. The van der Waals surface area contributed by atoms with Crippen LogP contribution < -0.4 is 0 Å². The second-order valence-corrected chi connectivity index (χ2v) is 4.43. The molecule has 2 rings (SSSR count). The number of rotatable bonds is 3. The summed E-state index contributed by atoms with van der Waals surface area (Å²) in [5.74, 6) is -0.909. The van der Waals surface area contributed by atoms with E-state index in [2.05, 4.69) is 5.10 Å². The van der Waals surface area contributed by atoms with Gasteiger partial charge in [0.2, 0.25) is 0 Å². The standard InChI is InChI=1S/C11H10N2O2S/c1-13-7-10(6-12-13)16-9-4-2-3-8(5-9)11(14)15/h2-7H,1H3,(H,14,15). The van der Waals surface area contributed by atoms with E-state index in [4.69, 9.17) is 5.11 Å². The molecule has 0 radical (unpaired) electrons. The molecule has 1 heterocycles. The zero-order valence-electron chi connectivity index (χ0n) is 8.62. The van der Waals surface area contributed by atoms with E-state index in [1.807, 2.05) is 19.3 Å². The van der Waals surface area contributed by atoms with Crippen LogP contribution in [-0.4, -0.2) is 20.9 Å². The van der Waals surface area contributed by atoms with Gasteiger partial charge in [0, 0.05) is 18.1 Å². The number of aromatic nitrogens is 2. The van der Waals surface area contributed by atoms with Crippen LogP contribution >= 0.6 is 11.8 Å². The van der Waals surface area contributed by atoms with E-state index in [1.54, 1.807) is 29.1 Å². The molecule has 2 aromatic rings. The molecular formula is C11H10N2O2S. The summed E-state index contributed by atoms with van der Waals surface area (Å²) in [6.07, 6.45) is 3.64. The summed E-state index contributed by atoms with van der Waals surface area (Å²) in [5, 5.41) is 12.9. The minimum absolute atomic E-state index is 0.300. The molecule has 0 amide bonds. The summed E-state index contributed by atoms with van der Waals surface area (Å²) >= 11 is 1.49. The van der Waals surface area contributed by atoms with Gasteiger partial charge in [0.15, 0.2) is 0 Å². The van der Waals surface area contributed by atoms with Crippen molar-refractivity contribution in [3.05, 3.63) is 42.2 Å². The van der Waals surface area contributed by atoms with Crippen LogP contribution in [0.5, 0.6) is 0 Å². The summed E-state index contributed by atoms with van der Waals surface area (Å²) in [4.78, 5) is 12.7. The van der Waals surface area contributed by atoms with Gasteiger partial charge < -0.3 is 5.11 Å². The molecule has 0 unspecified atom stereocenters. The van der Waals surface area contributed by atoms with E-state index in [9.17, 15) is 4.79 Å². The topological polar surface area (TPSA) is 55.1 Å². The Morgan fingerprint density at radius 3 is 2.88 bits per heavy atom. The quantitative estimate of drug-likeness (QED) is 0.885. The largest absolute Gasteiger partial charge is 0.478 e. The smallest absolute Gasteiger partial charge is 0.335 e. The predicted molar refractivity (Wildman–Crippen MR) is 60.7 cm³/mol. The lowest BCUT2D eigenvalue weighted by Crippen LogP contribution is -1.95. The van der Waals surface area contributed by atoms with Gasteiger partial charge in [-0.3, -0.25) is 4.68 Å². The lowest BCUT2D eigenvalue weighted by molar-refractivity contribution is 0.0696. The van der Waals surface area contributed by atoms with Crippen LogP contribution in [0.15, 0.2) is 46.5 Å². The maximum atomic E-state index is 10.8. The fourth-order valence-electron chi connectivity index (χ4n) is 1.28. The molecule has 5 heteroatoms. The van der Waals surface area contributed by atoms with E-state index < -0.39 is 5.97 Å². The van der Waals surface area contributed by atoms with E-state index in [1.165, 1.54) is 11.8 Å². The number of carbonyl (C=O) groups is 1. The molecule has 0 spiro atoms. The average Bonchev–Trinajstić information content (AvgIpc) is 2.64. The molecule has 0 fully saturated rings. The monoisotopic (exact) mass is 234 g/mol. The molecule has 0 aliphatic heterocycles. The van der Waals surface area contributed by atoms with Crippen LogP contribution in [0.2, 0.25) is 0 Å². The summed E-state index contributed by atoms with van der Waals surface area (Å²) in [5.41, 5.74) is 0.300. The van der Waals surface area contributed by atoms with Crippen molar-refractivity contribution in [1.82, 2.24) is 9.78 Å². The van der Waals surface area contributed by atoms with Gasteiger partial charge in [-0.1, -0.05) is 17.8 Å². The Morgan fingerprint density at radius 1 is 1.44 bits per heavy atom. The maximum Gasteiger partial charge on any atom is 0.335 e. The van der Waals surface area contributed by atoms with Crippen LogP contribution in [0.4, 0.5) is 0 Å². The molecular weight excluding hydrogens is 224 g/mol. The van der Waals surface area contributed by atoms with Crippen molar-refractivity contribution in [2.24, 2.45) is 7.05 Å². The third kappa shape index (κ3) is 2.43. The molecule has 0 bridgehead atoms. The Hall–Kier alpha value is -1.75. The number of benzene rings is 1. The van der Waals surface area contributed by atoms with Crippen LogP contribution in [0.3, 0.4) is 0 Å². The molecule has 16 heavy (non-hydrogen) atoms. The van der Waals surface area contributed by atoms with Crippen molar-refractivity contribution >= 4 is 17.7 Å². The van der Waals surface area contributed by atoms with Gasteiger partial charge in [-0.25, -0.2) is 4.79 Å². The normalized spacial score (nSPS) is 10.3. The van der Waals surface area contributed by atoms with Gasteiger partial charge in [0.25, 0.3) is 0 Å². The van der Waals surface area contributed by atoms with Crippen LogP contribution in [-0.2, 0) is 7.05 Å². The Labute approximate surface area is 96.9 Å². The minimum Gasteiger partial charge on any atom is -0.478 e. The van der Waals surface area contributed by atoms with Crippen molar-refractivity contribution in [1.29, 1.82) is 0 Å². The van der Waals surface area contributed by atoms with Crippen molar-refractivity contribution in [2.75, 3.05) is 0 Å². The first-order valence-corrected chi connectivity index (χ1v) is 5.46. The van der Waals surface area contributed by atoms with E-state index in [-0.39, 0.29) is 0 Å². The van der Waals surface area contributed by atoms with Crippen molar-refractivity contribution < 1.29 is 9.90 Å². The number of hydrogen-bond donors (Lipinski definition) is 1. The fourth-order valence-corrected chi connectivity index (χ4v) is 2.19. The van der Waals surface area contributed by atoms with Crippen LogP contribution in [0.1, 0.15) is 10.4 Å². The summed E-state index contributed by atoms with van der Waals surface area (Å²) < 4.78 is 1.71. The SMILES string of the molecule is Cn1cc(Sc2cccc(C(=O)O)c2)cn1. The third-order valence-corrected chi connectivity index (χ3v) is 2.93. The summed E-state index contributed by atoms with van der Waals surface area (Å²) in [6.45, 7) is 0. The molecule has 0 atom stereocenters. The van der Waals surface area contributed by atoms with Gasteiger partial charge in [0.05, 0.1) is 16.7 Å². The molecule has 0 saturated heterocycles. The van der Waals surface area contributed by atoms with Gasteiger partial charge >= 0.3 is 5.97 Å². The molecule has 0 aliphatic carbocycles. The second kappa shape index (κ2) is 4.40. The molecule has 1 N–H and O–H groups in total. The minimum atomic E-state index is -0.909. The summed E-state index contributed by atoms with van der Waals surface area (Å²) in [6, 6.07) is 6.85. The Kier molecular flexibility index (Phi) is 2.96. The van der Waals surface area contributed by atoms with Crippen LogP contribution in [0.25, 0.3) is 0 Å². The van der Waals surface area contributed by atoms with E-state index in [0.29, 0.717) is 5.56 Å².